The highest BCUT2D eigenvalue weighted by atomic mass is 14.3. The van der Waals surface area contributed by atoms with Crippen LogP contribution in [0.15, 0.2) is 30.3 Å². The molecule has 17 heavy (non-hydrogen) atoms. The Morgan fingerprint density at radius 1 is 0.824 bits per heavy atom. The molecule has 1 rings (SSSR count). The molecule has 0 nitrogen and oxygen atoms in total. The van der Waals surface area contributed by atoms with Crippen molar-refractivity contribution in [3.8, 4) is 0 Å². The quantitative estimate of drug-likeness (QED) is 0.503. The van der Waals surface area contributed by atoms with Crippen LogP contribution in [0.25, 0.3) is 0 Å². The summed E-state index contributed by atoms with van der Waals surface area (Å²) in [6.45, 7) is 7.02. The van der Waals surface area contributed by atoms with Crippen molar-refractivity contribution >= 4 is 0 Å². The van der Waals surface area contributed by atoms with Gasteiger partial charge in [-0.2, -0.15) is 0 Å². The Morgan fingerprint density at radius 2 is 1.41 bits per heavy atom. The normalized spacial score (nSPS) is 14.5. The molecule has 1 aromatic rings. The molecular weight excluding hydrogens is 204 g/mol. The van der Waals surface area contributed by atoms with Gasteiger partial charge in [0.2, 0.25) is 0 Å². The van der Waals surface area contributed by atoms with Gasteiger partial charge in [-0.3, -0.25) is 0 Å². The predicted molar refractivity (Wildman–Crippen MR) is 77.5 cm³/mol. The summed E-state index contributed by atoms with van der Waals surface area (Å²) in [6, 6.07) is 11.1. The van der Waals surface area contributed by atoms with E-state index in [0.29, 0.717) is 5.41 Å². The maximum absolute atomic E-state index is 2.45. The molecule has 0 saturated carbocycles. The van der Waals surface area contributed by atoms with Crippen molar-refractivity contribution in [1.82, 2.24) is 0 Å². The fraction of sp³-hybridized carbons (Fsp3) is 0.647. The minimum atomic E-state index is 0.395. The number of hydrogen-bond donors (Lipinski definition) is 0. The van der Waals surface area contributed by atoms with Gasteiger partial charge in [-0.15, -0.1) is 0 Å². The predicted octanol–water partition coefficient (Wildman–Crippen LogP) is 5.71. The summed E-state index contributed by atoms with van der Waals surface area (Å²) in [7, 11) is 0. The lowest BCUT2D eigenvalue weighted by Gasteiger charge is -2.30. The molecule has 0 aliphatic rings. The van der Waals surface area contributed by atoms with Crippen molar-refractivity contribution in [3.05, 3.63) is 35.9 Å². The Bertz CT molecular complexity index is 288. The van der Waals surface area contributed by atoms with E-state index in [9.17, 15) is 0 Å². The number of benzene rings is 1. The van der Waals surface area contributed by atoms with Crippen LogP contribution in [0.4, 0.5) is 0 Å². The van der Waals surface area contributed by atoms with E-state index in [2.05, 4.69) is 51.1 Å². The smallest absolute Gasteiger partial charge is 0.00753 e. The summed E-state index contributed by atoms with van der Waals surface area (Å²) in [5.41, 5.74) is 1.93. The number of unbranched alkanes of at least 4 members (excludes halogenated alkanes) is 3. The molecule has 0 saturated heterocycles. The van der Waals surface area contributed by atoms with E-state index in [1.165, 1.54) is 50.5 Å². The van der Waals surface area contributed by atoms with Crippen LogP contribution in [-0.2, 0) is 5.41 Å². The molecule has 96 valence electrons. The molecule has 0 radical (unpaired) electrons. The molecule has 1 atom stereocenters. The first-order valence-corrected chi connectivity index (χ1v) is 7.28. The van der Waals surface area contributed by atoms with Gasteiger partial charge in [-0.05, 0) is 23.8 Å². The van der Waals surface area contributed by atoms with Crippen molar-refractivity contribution in [3.63, 3.8) is 0 Å². The lowest BCUT2D eigenvalue weighted by Crippen LogP contribution is -2.21. The van der Waals surface area contributed by atoms with Gasteiger partial charge in [0, 0.05) is 0 Å². The molecule has 0 aliphatic carbocycles. The van der Waals surface area contributed by atoms with Gasteiger partial charge in [0.05, 0.1) is 0 Å². The molecule has 0 heterocycles. The first-order chi connectivity index (χ1) is 8.23. The molecule has 0 spiro atoms. The molecule has 0 fully saturated rings. The van der Waals surface area contributed by atoms with E-state index >= 15 is 0 Å². The van der Waals surface area contributed by atoms with Crippen molar-refractivity contribution in [2.75, 3.05) is 0 Å². The van der Waals surface area contributed by atoms with E-state index in [4.69, 9.17) is 0 Å². The maximum atomic E-state index is 2.45. The molecule has 0 N–H and O–H groups in total. The third kappa shape index (κ3) is 4.53. The molecular formula is C17H28. The maximum Gasteiger partial charge on any atom is -0.00753 e. The highest BCUT2D eigenvalue weighted by molar-refractivity contribution is 5.24. The second-order valence-electron chi connectivity index (χ2n) is 5.49. The minimum absolute atomic E-state index is 0.395. The third-order valence-corrected chi connectivity index (χ3v) is 3.88. The van der Waals surface area contributed by atoms with Crippen LogP contribution in [0.3, 0.4) is 0 Å². The van der Waals surface area contributed by atoms with Gasteiger partial charge in [0.15, 0.2) is 0 Å². The Kier molecular flexibility index (Phi) is 6.32. The summed E-state index contributed by atoms with van der Waals surface area (Å²) in [4.78, 5) is 0. The molecule has 0 bridgehead atoms. The van der Waals surface area contributed by atoms with Crippen molar-refractivity contribution in [2.45, 2.75) is 71.1 Å². The van der Waals surface area contributed by atoms with Crippen LogP contribution in [-0.4, -0.2) is 0 Å². The second-order valence-corrected chi connectivity index (χ2v) is 5.49. The summed E-state index contributed by atoms with van der Waals surface area (Å²) < 4.78 is 0. The first-order valence-electron chi connectivity index (χ1n) is 7.28. The van der Waals surface area contributed by atoms with Gasteiger partial charge in [-0.1, -0.05) is 83.2 Å². The monoisotopic (exact) mass is 232 g/mol. The average Bonchev–Trinajstić information content (AvgIpc) is 2.38. The Morgan fingerprint density at radius 3 is 2.00 bits per heavy atom. The summed E-state index contributed by atoms with van der Waals surface area (Å²) in [5.74, 6) is 0. The topological polar surface area (TPSA) is 0 Å². The van der Waals surface area contributed by atoms with Crippen LogP contribution in [0.1, 0.15) is 71.3 Å². The van der Waals surface area contributed by atoms with Crippen molar-refractivity contribution < 1.29 is 0 Å². The standard InChI is InChI=1S/C17H28/c1-4-6-11-15-17(3,14-7-5-2)16-12-9-8-10-13-16/h8-10,12-13H,4-7,11,14-15H2,1-3H3. The highest BCUT2D eigenvalue weighted by Gasteiger charge is 2.24. The van der Waals surface area contributed by atoms with Gasteiger partial charge >= 0.3 is 0 Å². The first kappa shape index (κ1) is 14.3. The second kappa shape index (κ2) is 7.53. The number of rotatable bonds is 8. The van der Waals surface area contributed by atoms with Gasteiger partial charge in [-0.25, -0.2) is 0 Å². The van der Waals surface area contributed by atoms with Crippen LogP contribution in [0, 0.1) is 0 Å². The lowest BCUT2D eigenvalue weighted by atomic mass is 9.74. The van der Waals surface area contributed by atoms with Gasteiger partial charge < -0.3 is 0 Å². The van der Waals surface area contributed by atoms with E-state index in [0.717, 1.165) is 0 Å². The lowest BCUT2D eigenvalue weighted by molar-refractivity contribution is 0.371. The Balaban J connectivity index is 2.70. The Hall–Kier alpha value is -0.780. The van der Waals surface area contributed by atoms with Gasteiger partial charge in [0.25, 0.3) is 0 Å². The molecule has 0 aliphatic heterocycles. The third-order valence-electron chi connectivity index (χ3n) is 3.88. The molecule has 0 amide bonds. The zero-order valence-electron chi connectivity index (χ0n) is 11.8. The zero-order valence-corrected chi connectivity index (χ0v) is 11.8. The van der Waals surface area contributed by atoms with Crippen molar-refractivity contribution in [1.29, 1.82) is 0 Å². The fourth-order valence-corrected chi connectivity index (χ4v) is 2.59. The molecule has 1 aromatic carbocycles. The number of hydrogen-bond acceptors (Lipinski definition) is 0. The fourth-order valence-electron chi connectivity index (χ4n) is 2.59. The van der Waals surface area contributed by atoms with E-state index in [1.54, 1.807) is 0 Å². The highest BCUT2D eigenvalue weighted by Crippen LogP contribution is 2.34. The van der Waals surface area contributed by atoms with Crippen LogP contribution < -0.4 is 0 Å². The largest absolute Gasteiger partial charge is 0.0654 e. The van der Waals surface area contributed by atoms with Crippen LogP contribution >= 0.6 is 0 Å². The SMILES string of the molecule is CCCCCC(C)(CCCC)c1ccccc1. The summed E-state index contributed by atoms with van der Waals surface area (Å²) in [5, 5.41) is 0. The zero-order chi connectivity index (χ0) is 12.6. The molecule has 0 heteroatoms. The van der Waals surface area contributed by atoms with E-state index in [-0.39, 0.29) is 0 Å². The van der Waals surface area contributed by atoms with E-state index in [1.807, 2.05) is 0 Å². The molecule has 1 unspecified atom stereocenters. The Labute approximate surface area is 107 Å². The molecule has 0 aromatic heterocycles. The summed E-state index contributed by atoms with van der Waals surface area (Å²) >= 11 is 0. The average molecular weight is 232 g/mol. The van der Waals surface area contributed by atoms with E-state index < -0.39 is 0 Å². The van der Waals surface area contributed by atoms with Crippen molar-refractivity contribution in [2.24, 2.45) is 0 Å². The summed E-state index contributed by atoms with van der Waals surface area (Å²) in [6.07, 6.45) is 9.37. The minimum Gasteiger partial charge on any atom is -0.0654 e. The van der Waals surface area contributed by atoms with Crippen LogP contribution in [0.2, 0.25) is 0 Å². The van der Waals surface area contributed by atoms with Gasteiger partial charge in [0.1, 0.15) is 0 Å². The van der Waals surface area contributed by atoms with Crippen LogP contribution in [0.5, 0.6) is 0 Å².